The van der Waals surface area contributed by atoms with E-state index >= 15 is 0 Å². The van der Waals surface area contributed by atoms with Crippen molar-refractivity contribution >= 4 is 23.9 Å². The molecule has 0 heterocycles. The maximum Gasteiger partial charge on any atom is 0.408 e. The highest BCUT2D eigenvalue weighted by atomic mass is 16.6. The molecule has 0 aromatic heterocycles. The number of amides is 3. The lowest BCUT2D eigenvalue weighted by atomic mass is 9.99. The van der Waals surface area contributed by atoms with Crippen LogP contribution in [0.4, 0.5) is 4.79 Å². The van der Waals surface area contributed by atoms with Gasteiger partial charge >= 0.3 is 12.1 Å². The highest BCUT2D eigenvalue weighted by Gasteiger charge is 2.36. The summed E-state index contributed by atoms with van der Waals surface area (Å²) in [6, 6.07) is 9.77. The lowest BCUT2D eigenvalue weighted by Crippen LogP contribution is -2.54. The summed E-state index contributed by atoms with van der Waals surface area (Å²) in [4.78, 5) is 53.8. The smallest absolute Gasteiger partial charge is 0.408 e. The third-order valence-electron chi connectivity index (χ3n) is 6.03. The molecule has 2 rings (SSSR count). The van der Waals surface area contributed by atoms with Gasteiger partial charge in [0.1, 0.15) is 35.7 Å². The van der Waals surface area contributed by atoms with Crippen LogP contribution >= 0.6 is 0 Å². The summed E-state index contributed by atoms with van der Waals surface area (Å²) < 4.78 is 10.1. The average Bonchev–Trinajstić information content (AvgIpc) is 2.90. The Labute approximate surface area is 240 Å². The number of carbonyl (C=O) groups excluding carboxylic acids is 4. The maximum atomic E-state index is 14.3. The van der Waals surface area contributed by atoms with Gasteiger partial charge in [-0.3, -0.25) is 14.4 Å². The SMILES string of the molecule is CCCCCN(C(=O)C(Cc1ccc(O)cc1)NC(=O)OC(C)(C)C)C(C(=O)NCC(=O)OC)c1cccc(O)c1. The molecule has 3 amide bonds. The molecule has 11 heteroatoms. The van der Waals surface area contributed by atoms with Crippen LogP contribution in [0.1, 0.15) is 64.1 Å². The second-order valence-electron chi connectivity index (χ2n) is 10.6. The van der Waals surface area contributed by atoms with E-state index in [0.29, 0.717) is 17.5 Å². The molecule has 2 unspecified atom stereocenters. The Kier molecular flexibility index (Phi) is 12.4. The standard InChI is InChI=1S/C30H41N3O8/c1-6-7-8-16-33(26(21-10-9-11-23(35)18-21)27(37)31-19-25(36)40-5)28(38)24(32-29(39)41-30(2,3)4)17-20-12-14-22(34)15-13-20/h9-15,18,24,26,34-35H,6-8,16-17,19H2,1-5H3,(H,31,37)(H,32,39). The highest BCUT2D eigenvalue weighted by molar-refractivity contribution is 5.93. The van der Waals surface area contributed by atoms with E-state index in [-0.39, 0.29) is 24.5 Å². The van der Waals surface area contributed by atoms with E-state index < -0.39 is 48.1 Å². The number of unbranched alkanes of at least 4 members (excludes halogenated alkanes) is 2. The summed E-state index contributed by atoms with van der Waals surface area (Å²) >= 11 is 0. The van der Waals surface area contributed by atoms with Crippen molar-refractivity contribution in [1.82, 2.24) is 15.5 Å². The number of aromatic hydroxyl groups is 2. The molecule has 11 nitrogen and oxygen atoms in total. The van der Waals surface area contributed by atoms with Crippen molar-refractivity contribution in [2.75, 3.05) is 20.2 Å². The molecule has 0 saturated heterocycles. The van der Waals surface area contributed by atoms with Gasteiger partial charge in [0, 0.05) is 13.0 Å². The van der Waals surface area contributed by atoms with Crippen molar-refractivity contribution in [3.05, 3.63) is 59.7 Å². The van der Waals surface area contributed by atoms with Crippen LogP contribution in [-0.4, -0.2) is 70.8 Å². The van der Waals surface area contributed by atoms with Gasteiger partial charge in [0.05, 0.1) is 7.11 Å². The number of rotatable bonds is 13. The van der Waals surface area contributed by atoms with E-state index in [9.17, 15) is 29.4 Å². The summed E-state index contributed by atoms with van der Waals surface area (Å²) in [5, 5.41) is 25.1. The van der Waals surface area contributed by atoms with Crippen LogP contribution < -0.4 is 10.6 Å². The molecule has 0 aliphatic heterocycles. The largest absolute Gasteiger partial charge is 0.508 e. The minimum absolute atomic E-state index is 0.0408. The highest BCUT2D eigenvalue weighted by Crippen LogP contribution is 2.27. The number of phenols is 2. The first kappa shape index (κ1) is 32.9. The first-order chi connectivity index (χ1) is 19.3. The third kappa shape index (κ3) is 11.0. The van der Waals surface area contributed by atoms with Crippen molar-refractivity contribution in [3.8, 4) is 11.5 Å². The molecule has 2 atom stereocenters. The molecular formula is C30H41N3O8. The zero-order valence-corrected chi connectivity index (χ0v) is 24.3. The van der Waals surface area contributed by atoms with Gasteiger partial charge in [0.25, 0.3) is 0 Å². The molecule has 0 radical (unpaired) electrons. The average molecular weight is 572 g/mol. The minimum atomic E-state index is -1.24. The second-order valence-corrected chi connectivity index (χ2v) is 10.6. The molecule has 0 aliphatic carbocycles. The summed E-state index contributed by atoms with van der Waals surface area (Å²) in [6.07, 6.45) is 1.40. The Balaban J connectivity index is 2.55. The Morgan fingerprint density at radius 3 is 2.24 bits per heavy atom. The fraction of sp³-hybridized carbons (Fsp3) is 0.467. The predicted molar refractivity (Wildman–Crippen MR) is 152 cm³/mol. The number of carbonyl (C=O) groups is 4. The van der Waals surface area contributed by atoms with Crippen molar-refractivity contribution in [2.45, 2.75) is 71.1 Å². The number of nitrogens with one attached hydrogen (secondary N) is 2. The van der Waals surface area contributed by atoms with Crippen molar-refractivity contribution < 1.29 is 38.9 Å². The number of hydrogen-bond acceptors (Lipinski definition) is 8. The summed E-state index contributed by atoms with van der Waals surface area (Å²) in [5.74, 6) is -1.97. The minimum Gasteiger partial charge on any atom is -0.508 e. The first-order valence-corrected chi connectivity index (χ1v) is 13.6. The normalized spacial score (nSPS) is 12.5. The molecule has 41 heavy (non-hydrogen) atoms. The summed E-state index contributed by atoms with van der Waals surface area (Å²) in [7, 11) is 1.19. The molecule has 0 saturated carbocycles. The topological polar surface area (TPSA) is 154 Å². The number of methoxy groups -OCH3 is 1. The van der Waals surface area contributed by atoms with Crippen LogP contribution in [0.3, 0.4) is 0 Å². The van der Waals surface area contributed by atoms with E-state index in [2.05, 4.69) is 15.4 Å². The van der Waals surface area contributed by atoms with E-state index in [1.54, 1.807) is 45.0 Å². The Hall–Kier alpha value is -4.28. The Morgan fingerprint density at radius 2 is 1.66 bits per heavy atom. The third-order valence-corrected chi connectivity index (χ3v) is 6.03. The van der Waals surface area contributed by atoms with Crippen molar-refractivity contribution in [1.29, 1.82) is 0 Å². The number of phenolic OH excluding ortho intramolecular Hbond substituents is 2. The van der Waals surface area contributed by atoms with Gasteiger partial charge in [-0.15, -0.1) is 0 Å². The van der Waals surface area contributed by atoms with Crippen LogP contribution in [0.15, 0.2) is 48.5 Å². The summed E-state index contributed by atoms with van der Waals surface area (Å²) in [6.45, 7) is 6.83. The molecule has 0 aliphatic rings. The van der Waals surface area contributed by atoms with Gasteiger partial charge in [-0.25, -0.2) is 4.79 Å². The van der Waals surface area contributed by atoms with E-state index in [4.69, 9.17) is 4.74 Å². The molecule has 0 bridgehead atoms. The molecular weight excluding hydrogens is 530 g/mol. The number of hydrogen-bond donors (Lipinski definition) is 4. The van der Waals surface area contributed by atoms with Crippen LogP contribution in [0.25, 0.3) is 0 Å². The fourth-order valence-corrected chi connectivity index (χ4v) is 4.11. The Bertz CT molecular complexity index is 1180. The Morgan fingerprint density at radius 1 is 0.976 bits per heavy atom. The number of alkyl carbamates (subject to hydrolysis) is 1. The van der Waals surface area contributed by atoms with Crippen molar-refractivity contribution in [3.63, 3.8) is 0 Å². The van der Waals surface area contributed by atoms with Gasteiger partial charge in [-0.1, -0.05) is 44.0 Å². The molecule has 0 spiro atoms. The van der Waals surface area contributed by atoms with Gasteiger partial charge in [0.15, 0.2) is 0 Å². The number of nitrogens with zero attached hydrogens (tertiary/aromatic N) is 1. The van der Waals surface area contributed by atoms with Gasteiger partial charge in [0.2, 0.25) is 11.8 Å². The number of ether oxygens (including phenoxy) is 2. The molecule has 4 N–H and O–H groups in total. The van der Waals surface area contributed by atoms with Crippen LogP contribution in [0.5, 0.6) is 11.5 Å². The summed E-state index contributed by atoms with van der Waals surface area (Å²) in [5.41, 5.74) is 0.141. The van der Waals surface area contributed by atoms with Gasteiger partial charge in [-0.05, 0) is 62.6 Å². The fourth-order valence-electron chi connectivity index (χ4n) is 4.11. The van der Waals surface area contributed by atoms with Crippen LogP contribution in [-0.2, 0) is 30.3 Å². The van der Waals surface area contributed by atoms with Crippen LogP contribution in [0, 0.1) is 0 Å². The monoisotopic (exact) mass is 571 g/mol. The molecule has 224 valence electrons. The zero-order valence-electron chi connectivity index (χ0n) is 24.3. The maximum absolute atomic E-state index is 14.3. The predicted octanol–water partition coefficient (Wildman–Crippen LogP) is 3.58. The van der Waals surface area contributed by atoms with Gasteiger partial charge in [-0.2, -0.15) is 0 Å². The van der Waals surface area contributed by atoms with Crippen molar-refractivity contribution in [2.24, 2.45) is 0 Å². The van der Waals surface area contributed by atoms with Crippen LogP contribution in [0.2, 0.25) is 0 Å². The van der Waals surface area contributed by atoms with E-state index in [1.165, 1.54) is 36.3 Å². The van der Waals surface area contributed by atoms with E-state index in [0.717, 1.165) is 12.8 Å². The molecule has 2 aromatic carbocycles. The quantitative estimate of drug-likeness (QED) is 0.210. The number of esters is 1. The first-order valence-electron chi connectivity index (χ1n) is 13.6. The zero-order chi connectivity index (χ0) is 30.6. The number of benzene rings is 2. The second kappa shape index (κ2) is 15.5. The molecule has 0 fully saturated rings. The molecule has 2 aromatic rings. The lowest BCUT2D eigenvalue weighted by Gasteiger charge is -2.34. The lowest BCUT2D eigenvalue weighted by molar-refractivity contribution is -0.144. The van der Waals surface area contributed by atoms with E-state index in [1.807, 2.05) is 6.92 Å². The van der Waals surface area contributed by atoms with Gasteiger partial charge < -0.3 is 35.2 Å².